The number of anilines is 1. The summed E-state index contributed by atoms with van der Waals surface area (Å²) in [5, 5.41) is 11.8. The average Bonchev–Trinajstić information content (AvgIpc) is 2.88. The van der Waals surface area contributed by atoms with Crippen molar-refractivity contribution in [3.63, 3.8) is 0 Å². The second-order valence-corrected chi connectivity index (χ2v) is 6.63. The van der Waals surface area contributed by atoms with Crippen LogP contribution in [-0.4, -0.2) is 48.4 Å². The zero-order valence-corrected chi connectivity index (χ0v) is 14.9. The molecule has 0 aliphatic carbocycles. The van der Waals surface area contributed by atoms with Gasteiger partial charge in [-0.15, -0.1) is 0 Å². The molecule has 0 atom stereocenters. The molecule has 3 rings (SSSR count). The van der Waals surface area contributed by atoms with E-state index in [1.54, 1.807) is 0 Å². The van der Waals surface area contributed by atoms with Crippen LogP contribution in [0.1, 0.15) is 17.5 Å². The summed E-state index contributed by atoms with van der Waals surface area (Å²) in [6.45, 7) is 5.11. The molecule has 5 nitrogen and oxygen atoms in total. The van der Waals surface area contributed by atoms with Crippen LogP contribution < -0.4 is 5.32 Å². The first-order chi connectivity index (χ1) is 12.7. The summed E-state index contributed by atoms with van der Waals surface area (Å²) in [7, 11) is 0. The molecule has 0 unspecified atom stereocenters. The summed E-state index contributed by atoms with van der Waals surface area (Å²) >= 11 is 0. The third-order valence-electron chi connectivity index (χ3n) is 4.60. The number of rotatable bonds is 5. The second kappa shape index (κ2) is 9.14. The summed E-state index contributed by atoms with van der Waals surface area (Å²) in [5.74, 6) is 0.0387. The minimum Gasteiger partial charge on any atom is -0.325 e. The van der Waals surface area contributed by atoms with E-state index in [2.05, 4.69) is 21.2 Å². The number of nitriles is 1. The molecule has 0 aromatic heterocycles. The maximum absolute atomic E-state index is 12.2. The number of hydrogen-bond acceptors (Lipinski definition) is 4. The molecule has 1 heterocycles. The lowest BCUT2D eigenvalue weighted by atomic mass is 10.1. The highest BCUT2D eigenvalue weighted by Gasteiger charge is 2.17. The lowest BCUT2D eigenvalue weighted by molar-refractivity contribution is -0.117. The van der Waals surface area contributed by atoms with Crippen molar-refractivity contribution in [3.05, 3.63) is 65.7 Å². The van der Waals surface area contributed by atoms with Gasteiger partial charge in [-0.25, -0.2) is 0 Å². The molecule has 5 heteroatoms. The van der Waals surface area contributed by atoms with Gasteiger partial charge < -0.3 is 5.32 Å². The zero-order valence-electron chi connectivity index (χ0n) is 14.9. The van der Waals surface area contributed by atoms with Crippen LogP contribution in [0.2, 0.25) is 0 Å². The van der Waals surface area contributed by atoms with Gasteiger partial charge in [0.15, 0.2) is 0 Å². The van der Waals surface area contributed by atoms with Crippen molar-refractivity contribution in [3.8, 4) is 6.07 Å². The van der Waals surface area contributed by atoms with E-state index in [-0.39, 0.29) is 5.91 Å². The van der Waals surface area contributed by atoms with Crippen molar-refractivity contribution in [2.45, 2.75) is 13.0 Å². The number of nitrogens with one attached hydrogen (secondary N) is 1. The number of nitrogens with zero attached hydrogens (tertiary/aromatic N) is 3. The highest BCUT2D eigenvalue weighted by atomic mass is 16.2. The molecule has 134 valence electrons. The van der Waals surface area contributed by atoms with E-state index in [4.69, 9.17) is 5.26 Å². The van der Waals surface area contributed by atoms with E-state index >= 15 is 0 Å². The highest BCUT2D eigenvalue weighted by Crippen LogP contribution is 2.11. The Labute approximate surface area is 154 Å². The Morgan fingerprint density at radius 3 is 2.38 bits per heavy atom. The van der Waals surface area contributed by atoms with Gasteiger partial charge in [0, 0.05) is 25.3 Å². The van der Waals surface area contributed by atoms with Gasteiger partial charge in [0.2, 0.25) is 5.91 Å². The lowest BCUT2D eigenvalue weighted by Crippen LogP contribution is -2.36. The van der Waals surface area contributed by atoms with E-state index in [1.165, 1.54) is 5.56 Å². The minimum atomic E-state index is 0.0387. The first-order valence-electron chi connectivity index (χ1n) is 9.01. The Bertz CT molecular complexity index is 752. The lowest BCUT2D eigenvalue weighted by Gasteiger charge is -2.21. The molecule has 1 amide bonds. The maximum atomic E-state index is 12.2. The molecule has 1 saturated heterocycles. The predicted molar refractivity (Wildman–Crippen MR) is 103 cm³/mol. The third kappa shape index (κ3) is 5.41. The van der Waals surface area contributed by atoms with Crippen LogP contribution >= 0.6 is 0 Å². The van der Waals surface area contributed by atoms with Gasteiger partial charge in [0.1, 0.15) is 0 Å². The van der Waals surface area contributed by atoms with Crippen molar-refractivity contribution in [1.29, 1.82) is 5.26 Å². The van der Waals surface area contributed by atoms with E-state index in [0.29, 0.717) is 12.1 Å². The Hall–Kier alpha value is -2.68. The van der Waals surface area contributed by atoms with Crippen LogP contribution in [-0.2, 0) is 11.3 Å². The fourth-order valence-corrected chi connectivity index (χ4v) is 3.21. The van der Waals surface area contributed by atoms with Crippen molar-refractivity contribution in [2.24, 2.45) is 0 Å². The number of para-hydroxylation sites is 1. The first-order valence-corrected chi connectivity index (χ1v) is 9.01. The van der Waals surface area contributed by atoms with Crippen molar-refractivity contribution >= 4 is 11.6 Å². The van der Waals surface area contributed by atoms with Gasteiger partial charge in [-0.1, -0.05) is 30.3 Å². The van der Waals surface area contributed by atoms with E-state index < -0.39 is 0 Å². The van der Waals surface area contributed by atoms with Crippen LogP contribution in [0.15, 0.2) is 54.6 Å². The monoisotopic (exact) mass is 348 g/mol. The molecule has 1 aliphatic heterocycles. The number of benzene rings is 2. The van der Waals surface area contributed by atoms with Crippen LogP contribution in [0, 0.1) is 11.3 Å². The van der Waals surface area contributed by atoms with Gasteiger partial charge in [0.05, 0.1) is 18.2 Å². The SMILES string of the molecule is N#Cc1ccc(CN2CCCN(CC(=O)Nc3ccccc3)CC2)cc1. The van der Waals surface area contributed by atoms with Crippen molar-refractivity contribution in [1.82, 2.24) is 9.80 Å². The Morgan fingerprint density at radius 1 is 0.962 bits per heavy atom. The van der Waals surface area contributed by atoms with Crippen molar-refractivity contribution in [2.75, 3.05) is 38.0 Å². The van der Waals surface area contributed by atoms with E-state index in [9.17, 15) is 4.79 Å². The first kappa shape index (κ1) is 18.1. The fraction of sp³-hybridized carbons (Fsp3) is 0.333. The molecule has 0 spiro atoms. The molecule has 0 saturated carbocycles. The number of carbonyl (C=O) groups excluding carboxylic acids is 1. The molecular formula is C21H24N4O. The van der Waals surface area contributed by atoms with Gasteiger partial charge >= 0.3 is 0 Å². The molecule has 1 N–H and O–H groups in total. The maximum Gasteiger partial charge on any atom is 0.238 e. The van der Waals surface area contributed by atoms with Gasteiger partial charge in [0.25, 0.3) is 0 Å². The molecule has 1 fully saturated rings. The summed E-state index contributed by atoms with van der Waals surface area (Å²) in [4.78, 5) is 16.9. The smallest absolute Gasteiger partial charge is 0.238 e. The minimum absolute atomic E-state index is 0.0387. The molecule has 1 aliphatic rings. The molecule has 0 bridgehead atoms. The number of carbonyl (C=O) groups is 1. The van der Waals surface area contributed by atoms with E-state index in [1.807, 2.05) is 54.6 Å². The van der Waals surface area contributed by atoms with Crippen LogP contribution in [0.4, 0.5) is 5.69 Å². The van der Waals surface area contributed by atoms with Crippen LogP contribution in [0.3, 0.4) is 0 Å². The third-order valence-corrected chi connectivity index (χ3v) is 4.60. The summed E-state index contributed by atoms with van der Waals surface area (Å²) < 4.78 is 0. The molecule has 26 heavy (non-hydrogen) atoms. The zero-order chi connectivity index (χ0) is 18.2. The van der Waals surface area contributed by atoms with Gasteiger partial charge in [-0.05, 0) is 49.3 Å². The summed E-state index contributed by atoms with van der Waals surface area (Å²) in [6, 6.07) is 19.5. The standard InChI is InChI=1S/C21H24N4O/c22-15-18-7-9-19(10-8-18)16-24-11-4-12-25(14-13-24)17-21(26)23-20-5-2-1-3-6-20/h1-3,5-10H,4,11-14,16-17H2,(H,23,26). The largest absolute Gasteiger partial charge is 0.325 e. The Morgan fingerprint density at radius 2 is 1.65 bits per heavy atom. The van der Waals surface area contributed by atoms with Gasteiger partial charge in [-0.3, -0.25) is 14.6 Å². The van der Waals surface area contributed by atoms with Crippen molar-refractivity contribution < 1.29 is 4.79 Å². The predicted octanol–water partition coefficient (Wildman–Crippen LogP) is 2.70. The Balaban J connectivity index is 1.46. The Kier molecular flexibility index (Phi) is 6.37. The summed E-state index contributed by atoms with van der Waals surface area (Å²) in [6.07, 6.45) is 1.05. The van der Waals surface area contributed by atoms with Crippen LogP contribution in [0.25, 0.3) is 0 Å². The average molecular weight is 348 g/mol. The number of hydrogen-bond donors (Lipinski definition) is 1. The molecular weight excluding hydrogens is 324 g/mol. The highest BCUT2D eigenvalue weighted by molar-refractivity contribution is 5.92. The summed E-state index contributed by atoms with van der Waals surface area (Å²) in [5.41, 5.74) is 2.76. The topological polar surface area (TPSA) is 59.4 Å². The number of amides is 1. The molecule has 2 aromatic rings. The second-order valence-electron chi connectivity index (χ2n) is 6.63. The molecule has 2 aromatic carbocycles. The van der Waals surface area contributed by atoms with Gasteiger partial charge in [-0.2, -0.15) is 5.26 Å². The van der Waals surface area contributed by atoms with E-state index in [0.717, 1.165) is 44.8 Å². The quantitative estimate of drug-likeness (QED) is 0.903. The van der Waals surface area contributed by atoms with Crippen LogP contribution in [0.5, 0.6) is 0 Å². The molecule has 0 radical (unpaired) electrons. The fourth-order valence-electron chi connectivity index (χ4n) is 3.21. The normalized spacial score (nSPS) is 15.8.